The van der Waals surface area contributed by atoms with Crippen molar-refractivity contribution in [3.05, 3.63) is 53.4 Å². The number of thioether (sulfide) groups is 1. The number of hydrogen-bond donors (Lipinski definition) is 1. The van der Waals surface area contributed by atoms with Gasteiger partial charge in [-0.3, -0.25) is 9.36 Å². The van der Waals surface area contributed by atoms with E-state index in [0.717, 1.165) is 16.3 Å². The van der Waals surface area contributed by atoms with Crippen molar-refractivity contribution in [1.29, 1.82) is 0 Å². The van der Waals surface area contributed by atoms with Gasteiger partial charge in [-0.1, -0.05) is 55.1 Å². The van der Waals surface area contributed by atoms with Gasteiger partial charge in [-0.2, -0.15) is 0 Å². The molecule has 2 heterocycles. The second kappa shape index (κ2) is 7.63. The molecule has 5 nitrogen and oxygen atoms in total. The average Bonchev–Trinajstić information content (AvgIpc) is 3.23. The first-order chi connectivity index (χ1) is 11.7. The van der Waals surface area contributed by atoms with Crippen LogP contribution in [0.3, 0.4) is 0 Å². The van der Waals surface area contributed by atoms with Crippen molar-refractivity contribution in [1.82, 2.24) is 14.8 Å². The van der Waals surface area contributed by atoms with E-state index in [1.54, 1.807) is 11.3 Å². The van der Waals surface area contributed by atoms with Gasteiger partial charge in [-0.15, -0.1) is 21.5 Å². The molecule has 0 saturated carbocycles. The number of carbonyl (C=O) groups excluding carboxylic acids is 1. The summed E-state index contributed by atoms with van der Waals surface area (Å²) in [6.07, 6.45) is 0.659. The molecule has 24 heavy (non-hydrogen) atoms. The molecule has 3 aromatic rings. The molecule has 3 rings (SSSR count). The van der Waals surface area contributed by atoms with Gasteiger partial charge in [0.05, 0.1) is 16.7 Å². The van der Waals surface area contributed by atoms with Crippen LogP contribution in [0.15, 0.2) is 53.0 Å². The lowest BCUT2D eigenvalue weighted by molar-refractivity contribution is -0.117. The molecule has 0 spiro atoms. The monoisotopic (exact) mass is 358 g/mol. The minimum absolute atomic E-state index is 0.306. The Morgan fingerprint density at radius 2 is 2.04 bits per heavy atom. The smallest absolute Gasteiger partial charge is 0.231 e. The van der Waals surface area contributed by atoms with Gasteiger partial charge in [0, 0.05) is 0 Å². The number of amides is 1. The normalized spacial score (nSPS) is 12.2. The number of nitrogens with two attached hydrogens (primary N) is 1. The predicted molar refractivity (Wildman–Crippen MR) is 98.0 cm³/mol. The van der Waals surface area contributed by atoms with Crippen molar-refractivity contribution < 1.29 is 4.79 Å². The fourth-order valence-corrected chi connectivity index (χ4v) is 3.96. The zero-order valence-electron chi connectivity index (χ0n) is 13.3. The van der Waals surface area contributed by atoms with E-state index in [1.165, 1.54) is 11.8 Å². The highest BCUT2D eigenvalue weighted by atomic mass is 32.2. The van der Waals surface area contributed by atoms with Crippen LogP contribution in [0, 0.1) is 0 Å². The number of aromatic nitrogens is 3. The average molecular weight is 358 g/mol. The fraction of sp³-hybridized carbons (Fsp3) is 0.235. The molecule has 0 bridgehead atoms. The number of nitrogens with zero attached hydrogens (tertiary/aromatic N) is 3. The van der Waals surface area contributed by atoms with Gasteiger partial charge in [0.15, 0.2) is 11.0 Å². The largest absolute Gasteiger partial charge is 0.369 e. The Kier molecular flexibility index (Phi) is 5.32. The highest BCUT2D eigenvalue weighted by molar-refractivity contribution is 8.00. The molecule has 0 aliphatic carbocycles. The van der Waals surface area contributed by atoms with Gasteiger partial charge < -0.3 is 5.73 Å². The summed E-state index contributed by atoms with van der Waals surface area (Å²) >= 11 is 3.00. The van der Waals surface area contributed by atoms with Crippen LogP contribution in [0.2, 0.25) is 0 Å². The van der Waals surface area contributed by atoms with Crippen molar-refractivity contribution in [2.75, 3.05) is 0 Å². The highest BCUT2D eigenvalue weighted by Crippen LogP contribution is 2.30. The Hall–Kier alpha value is -2.12. The van der Waals surface area contributed by atoms with Crippen molar-refractivity contribution in [3.8, 4) is 10.7 Å². The topological polar surface area (TPSA) is 73.8 Å². The Labute approximate surface area is 148 Å². The van der Waals surface area contributed by atoms with Crippen LogP contribution in [0.1, 0.15) is 18.9 Å². The van der Waals surface area contributed by atoms with E-state index in [9.17, 15) is 4.79 Å². The maximum atomic E-state index is 11.6. The maximum Gasteiger partial charge on any atom is 0.231 e. The first kappa shape index (κ1) is 16.7. The molecule has 1 amide bonds. The van der Waals surface area contributed by atoms with Crippen LogP contribution in [0.5, 0.6) is 0 Å². The van der Waals surface area contributed by atoms with Crippen molar-refractivity contribution in [2.24, 2.45) is 5.73 Å². The van der Waals surface area contributed by atoms with Gasteiger partial charge in [0.25, 0.3) is 0 Å². The van der Waals surface area contributed by atoms with E-state index < -0.39 is 0 Å². The van der Waals surface area contributed by atoms with E-state index >= 15 is 0 Å². The van der Waals surface area contributed by atoms with E-state index in [-0.39, 0.29) is 11.2 Å². The minimum Gasteiger partial charge on any atom is -0.369 e. The summed E-state index contributed by atoms with van der Waals surface area (Å²) in [5, 5.41) is 11.1. The molecule has 2 N–H and O–H groups in total. The third-order valence-electron chi connectivity index (χ3n) is 3.58. The van der Waals surface area contributed by atoms with Crippen LogP contribution in [0.25, 0.3) is 10.7 Å². The van der Waals surface area contributed by atoms with Crippen LogP contribution in [-0.4, -0.2) is 25.9 Å². The van der Waals surface area contributed by atoms with E-state index in [4.69, 9.17) is 5.73 Å². The zero-order chi connectivity index (χ0) is 16.9. The molecule has 2 aromatic heterocycles. The number of hydrogen-bond acceptors (Lipinski definition) is 5. The molecule has 1 atom stereocenters. The maximum absolute atomic E-state index is 11.6. The van der Waals surface area contributed by atoms with Gasteiger partial charge in [-0.25, -0.2) is 0 Å². The Bertz CT molecular complexity index is 799. The first-order valence-electron chi connectivity index (χ1n) is 7.66. The molecule has 1 unspecified atom stereocenters. The summed E-state index contributed by atoms with van der Waals surface area (Å²) in [6, 6.07) is 14.2. The molecule has 0 radical (unpaired) electrons. The second-order valence-corrected chi connectivity index (χ2v) is 7.39. The molecule has 0 aliphatic rings. The molecule has 124 valence electrons. The molecule has 0 aliphatic heterocycles. The van der Waals surface area contributed by atoms with E-state index in [1.807, 2.05) is 42.6 Å². The summed E-state index contributed by atoms with van der Waals surface area (Å²) in [7, 11) is 0. The van der Waals surface area contributed by atoms with Gasteiger partial charge in [0.2, 0.25) is 5.91 Å². The fourth-order valence-electron chi connectivity index (χ4n) is 2.34. The lowest BCUT2D eigenvalue weighted by Crippen LogP contribution is -2.25. The lowest BCUT2D eigenvalue weighted by atomic mass is 10.2. The van der Waals surface area contributed by atoms with Gasteiger partial charge >= 0.3 is 0 Å². The van der Waals surface area contributed by atoms with Crippen LogP contribution >= 0.6 is 23.1 Å². The molecule has 0 saturated heterocycles. The molecule has 7 heteroatoms. The Morgan fingerprint density at radius 1 is 1.25 bits per heavy atom. The zero-order valence-corrected chi connectivity index (χ0v) is 14.9. The minimum atomic E-state index is -0.325. The van der Waals surface area contributed by atoms with Crippen LogP contribution < -0.4 is 5.73 Å². The summed E-state index contributed by atoms with van der Waals surface area (Å²) in [5.74, 6) is 0.491. The summed E-state index contributed by atoms with van der Waals surface area (Å²) in [6.45, 7) is 2.60. The number of primary amides is 1. The van der Waals surface area contributed by atoms with Gasteiger partial charge in [-0.05, 0) is 23.4 Å². The molecule has 1 aromatic carbocycles. The summed E-state index contributed by atoms with van der Waals surface area (Å²) in [4.78, 5) is 12.6. The SMILES string of the molecule is CCC(Sc1nnc(-c2cccs2)n1Cc1ccccc1)C(N)=O. The van der Waals surface area contributed by atoms with Gasteiger partial charge in [0.1, 0.15) is 0 Å². The van der Waals surface area contributed by atoms with Crippen LogP contribution in [-0.2, 0) is 11.3 Å². The quantitative estimate of drug-likeness (QED) is 0.657. The molecular weight excluding hydrogens is 340 g/mol. The van der Waals surface area contributed by atoms with Crippen molar-refractivity contribution in [2.45, 2.75) is 30.3 Å². The second-order valence-electron chi connectivity index (χ2n) is 5.27. The summed E-state index contributed by atoms with van der Waals surface area (Å²) in [5.41, 5.74) is 6.64. The predicted octanol–water partition coefficient (Wildman–Crippen LogP) is 3.41. The highest BCUT2D eigenvalue weighted by Gasteiger charge is 2.21. The van der Waals surface area contributed by atoms with E-state index in [0.29, 0.717) is 18.1 Å². The van der Waals surface area contributed by atoms with Crippen molar-refractivity contribution in [3.63, 3.8) is 0 Å². The Balaban J connectivity index is 1.98. The third-order valence-corrected chi connectivity index (χ3v) is 5.81. The number of benzene rings is 1. The number of thiophene rings is 1. The molecular formula is C17H18N4OS2. The molecule has 0 fully saturated rings. The number of carbonyl (C=O) groups is 1. The number of rotatable bonds is 7. The Morgan fingerprint density at radius 3 is 2.67 bits per heavy atom. The summed E-state index contributed by atoms with van der Waals surface area (Å²) < 4.78 is 2.05. The lowest BCUT2D eigenvalue weighted by Gasteiger charge is -2.13. The van der Waals surface area contributed by atoms with Crippen molar-refractivity contribution >= 4 is 29.0 Å². The van der Waals surface area contributed by atoms with E-state index in [2.05, 4.69) is 26.9 Å². The first-order valence-corrected chi connectivity index (χ1v) is 9.42. The standard InChI is InChI=1S/C17H18N4OS2/c1-2-13(15(18)22)24-17-20-19-16(14-9-6-10-23-14)21(17)11-12-7-4-3-5-8-12/h3-10,13H,2,11H2,1H3,(H2,18,22). The van der Waals surface area contributed by atoms with Crippen LogP contribution in [0.4, 0.5) is 0 Å². The third kappa shape index (κ3) is 3.68.